The molecule has 1 rings (SSSR count). The first-order chi connectivity index (χ1) is 5.83. The summed E-state index contributed by atoms with van der Waals surface area (Å²) < 4.78 is 0. The molecule has 62 valence electrons. The zero-order valence-corrected chi connectivity index (χ0v) is 6.77. The molecule has 1 aromatic carbocycles. The summed E-state index contributed by atoms with van der Waals surface area (Å²) >= 11 is 0. The molecule has 0 amide bonds. The van der Waals surface area contributed by atoms with E-state index in [1.165, 1.54) is 5.01 Å². The first kappa shape index (κ1) is 8.72. The summed E-state index contributed by atoms with van der Waals surface area (Å²) in [7, 11) is 0. The number of nitrogens with two attached hydrogens (primary N) is 1. The van der Waals surface area contributed by atoms with Crippen molar-refractivity contribution in [1.29, 1.82) is 5.26 Å². The lowest BCUT2D eigenvalue weighted by Crippen LogP contribution is -2.30. The van der Waals surface area contributed by atoms with Gasteiger partial charge >= 0.3 is 0 Å². The van der Waals surface area contributed by atoms with Gasteiger partial charge < -0.3 is 0 Å². The van der Waals surface area contributed by atoms with Crippen LogP contribution in [0.4, 0.5) is 0 Å². The van der Waals surface area contributed by atoms with E-state index in [2.05, 4.69) is 0 Å². The van der Waals surface area contributed by atoms with Crippen LogP contribution in [0.5, 0.6) is 0 Å². The lowest BCUT2D eigenvalue weighted by atomic mass is 10.2. The molecule has 0 saturated heterocycles. The molecular weight excluding hydrogens is 150 g/mol. The number of rotatable bonds is 3. The second kappa shape index (κ2) is 4.50. The van der Waals surface area contributed by atoms with E-state index < -0.39 is 0 Å². The number of hydrogen-bond acceptors (Lipinski definition) is 3. The van der Waals surface area contributed by atoms with Gasteiger partial charge in [-0.25, -0.2) is 5.01 Å². The van der Waals surface area contributed by atoms with E-state index in [4.69, 9.17) is 11.1 Å². The Morgan fingerprint density at radius 3 is 2.58 bits per heavy atom. The normalized spacial score (nSPS) is 9.75. The van der Waals surface area contributed by atoms with Crippen LogP contribution in [0, 0.1) is 11.3 Å². The van der Waals surface area contributed by atoms with Crippen molar-refractivity contribution in [3.63, 3.8) is 0 Å². The fraction of sp³-hybridized carbons (Fsp3) is 0.222. The minimum Gasteiger partial charge on any atom is -0.268 e. The molecule has 1 aromatic rings. The lowest BCUT2D eigenvalue weighted by Gasteiger charge is -2.11. The van der Waals surface area contributed by atoms with Crippen molar-refractivity contribution in [2.24, 2.45) is 5.84 Å². The molecule has 12 heavy (non-hydrogen) atoms. The molecule has 0 unspecified atom stereocenters. The summed E-state index contributed by atoms with van der Waals surface area (Å²) in [5, 5.41) is 9.82. The maximum atomic E-state index is 8.34. The van der Waals surface area contributed by atoms with E-state index in [1.54, 1.807) is 0 Å². The van der Waals surface area contributed by atoms with Crippen molar-refractivity contribution < 1.29 is 0 Å². The maximum Gasteiger partial charge on any atom is 0.100 e. The van der Waals surface area contributed by atoms with E-state index >= 15 is 0 Å². The van der Waals surface area contributed by atoms with Crippen LogP contribution in [0.15, 0.2) is 30.3 Å². The first-order valence-corrected chi connectivity index (χ1v) is 3.73. The average molecular weight is 161 g/mol. The summed E-state index contributed by atoms with van der Waals surface area (Å²) in [6, 6.07) is 11.8. The Balaban J connectivity index is 2.48. The van der Waals surface area contributed by atoms with Gasteiger partial charge in [0.05, 0.1) is 6.07 Å². The smallest absolute Gasteiger partial charge is 0.100 e. The van der Waals surface area contributed by atoms with Crippen LogP contribution in [0.1, 0.15) is 5.56 Å². The summed E-state index contributed by atoms with van der Waals surface area (Å²) in [6.07, 6.45) is 0. The van der Waals surface area contributed by atoms with Gasteiger partial charge in [-0.15, -0.1) is 0 Å². The van der Waals surface area contributed by atoms with E-state index in [0.29, 0.717) is 6.54 Å². The van der Waals surface area contributed by atoms with E-state index in [0.717, 1.165) is 5.56 Å². The summed E-state index contributed by atoms with van der Waals surface area (Å²) in [5.74, 6) is 5.53. The predicted molar refractivity (Wildman–Crippen MR) is 46.7 cm³/mol. The zero-order chi connectivity index (χ0) is 8.81. The van der Waals surface area contributed by atoms with Gasteiger partial charge in [-0.3, -0.25) is 5.84 Å². The molecule has 0 radical (unpaired) electrons. The highest BCUT2D eigenvalue weighted by Gasteiger charge is 1.97. The highest BCUT2D eigenvalue weighted by molar-refractivity contribution is 5.14. The van der Waals surface area contributed by atoms with Crippen molar-refractivity contribution in [3.05, 3.63) is 35.9 Å². The van der Waals surface area contributed by atoms with Gasteiger partial charge in [-0.2, -0.15) is 5.26 Å². The lowest BCUT2D eigenvalue weighted by molar-refractivity contribution is 0.310. The Morgan fingerprint density at radius 2 is 2.00 bits per heavy atom. The molecule has 0 aromatic heterocycles. The number of nitrogens with zero attached hydrogens (tertiary/aromatic N) is 2. The largest absolute Gasteiger partial charge is 0.268 e. The van der Waals surface area contributed by atoms with Gasteiger partial charge in [0, 0.05) is 6.54 Å². The quantitative estimate of drug-likeness (QED) is 0.407. The van der Waals surface area contributed by atoms with Crippen molar-refractivity contribution in [2.45, 2.75) is 6.54 Å². The van der Waals surface area contributed by atoms with Gasteiger partial charge in [-0.05, 0) is 5.56 Å². The Morgan fingerprint density at radius 1 is 1.33 bits per heavy atom. The highest BCUT2D eigenvalue weighted by atomic mass is 15.4. The minimum atomic E-state index is 0.259. The Kier molecular flexibility index (Phi) is 3.27. The van der Waals surface area contributed by atoms with Gasteiger partial charge in [0.2, 0.25) is 0 Å². The molecule has 2 N–H and O–H groups in total. The SMILES string of the molecule is N#CCN(N)Cc1ccccc1. The molecule has 0 spiro atoms. The van der Waals surface area contributed by atoms with Crippen molar-refractivity contribution in [1.82, 2.24) is 5.01 Å². The highest BCUT2D eigenvalue weighted by Crippen LogP contribution is 1.99. The average Bonchev–Trinajstić information content (AvgIpc) is 2.06. The van der Waals surface area contributed by atoms with Crippen LogP contribution >= 0.6 is 0 Å². The van der Waals surface area contributed by atoms with Crippen LogP contribution in [0.25, 0.3) is 0 Å². The molecule has 0 atom stereocenters. The van der Waals surface area contributed by atoms with Gasteiger partial charge in [0.25, 0.3) is 0 Å². The predicted octanol–water partition coefficient (Wildman–Crippen LogP) is 0.886. The minimum absolute atomic E-state index is 0.259. The molecular formula is C9H11N3. The summed E-state index contributed by atoms with van der Waals surface area (Å²) in [6.45, 7) is 0.878. The molecule has 0 aliphatic rings. The summed E-state index contributed by atoms with van der Waals surface area (Å²) in [5.41, 5.74) is 1.12. The van der Waals surface area contributed by atoms with Gasteiger partial charge in [0.15, 0.2) is 0 Å². The number of nitriles is 1. The third kappa shape index (κ3) is 2.70. The number of hydrogen-bond donors (Lipinski definition) is 1. The third-order valence-corrected chi connectivity index (χ3v) is 1.50. The van der Waals surface area contributed by atoms with Crippen LogP contribution in [-0.4, -0.2) is 11.6 Å². The third-order valence-electron chi connectivity index (χ3n) is 1.50. The van der Waals surface area contributed by atoms with Crippen molar-refractivity contribution in [3.8, 4) is 6.07 Å². The molecule has 0 aliphatic heterocycles. The standard InChI is InChI=1S/C9H11N3/c10-6-7-12(11)8-9-4-2-1-3-5-9/h1-5H,7-8,11H2. The Bertz CT molecular complexity index is 263. The van der Waals surface area contributed by atoms with Crippen LogP contribution in [0.2, 0.25) is 0 Å². The van der Waals surface area contributed by atoms with Crippen LogP contribution in [0.3, 0.4) is 0 Å². The monoisotopic (exact) mass is 161 g/mol. The van der Waals surface area contributed by atoms with Crippen molar-refractivity contribution >= 4 is 0 Å². The Hall–Kier alpha value is -1.37. The van der Waals surface area contributed by atoms with E-state index in [-0.39, 0.29) is 6.54 Å². The van der Waals surface area contributed by atoms with Crippen LogP contribution < -0.4 is 5.84 Å². The fourth-order valence-corrected chi connectivity index (χ4v) is 0.965. The molecule has 0 fully saturated rings. The Labute approximate surface area is 72.0 Å². The molecule has 0 saturated carbocycles. The van der Waals surface area contributed by atoms with Crippen LogP contribution in [-0.2, 0) is 6.54 Å². The maximum absolute atomic E-state index is 8.34. The van der Waals surface area contributed by atoms with Crippen molar-refractivity contribution in [2.75, 3.05) is 6.54 Å². The second-order valence-corrected chi connectivity index (χ2v) is 2.55. The van der Waals surface area contributed by atoms with Gasteiger partial charge in [0.1, 0.15) is 6.54 Å². The summed E-state index contributed by atoms with van der Waals surface area (Å²) in [4.78, 5) is 0. The topological polar surface area (TPSA) is 53.0 Å². The molecule has 0 aliphatic carbocycles. The molecule has 3 heteroatoms. The molecule has 0 heterocycles. The number of benzene rings is 1. The van der Waals surface area contributed by atoms with E-state index in [1.807, 2.05) is 36.4 Å². The molecule has 3 nitrogen and oxygen atoms in total. The molecule has 0 bridgehead atoms. The fourth-order valence-electron chi connectivity index (χ4n) is 0.965. The second-order valence-electron chi connectivity index (χ2n) is 2.55. The van der Waals surface area contributed by atoms with E-state index in [9.17, 15) is 0 Å². The number of hydrazine groups is 1. The van der Waals surface area contributed by atoms with Gasteiger partial charge in [-0.1, -0.05) is 30.3 Å². The zero-order valence-electron chi connectivity index (χ0n) is 6.77. The first-order valence-electron chi connectivity index (χ1n) is 3.73.